The van der Waals surface area contributed by atoms with Crippen LogP contribution >= 0.6 is 23.5 Å². The highest BCUT2D eigenvalue weighted by Crippen LogP contribution is 2.27. The first kappa shape index (κ1) is 15.1. The van der Waals surface area contributed by atoms with Crippen LogP contribution in [0, 0.1) is 5.82 Å². The summed E-state index contributed by atoms with van der Waals surface area (Å²) in [6, 6.07) is 14.7. The Morgan fingerprint density at radius 2 is 1.82 bits per heavy atom. The highest BCUT2D eigenvalue weighted by molar-refractivity contribution is 7.98. The van der Waals surface area contributed by atoms with E-state index in [0.717, 1.165) is 5.75 Å². The standard InChI is InChI=1S/C16H13FN2OS2/c1-21-12-8-6-11(7-9-12)10-22-16-19-18-15(20-16)13-4-2-3-5-14(13)17/h2-9H,10H2,1H3. The summed E-state index contributed by atoms with van der Waals surface area (Å²) in [5, 5.41) is 8.30. The Kier molecular flexibility index (Phi) is 4.80. The van der Waals surface area contributed by atoms with Gasteiger partial charge in [0.1, 0.15) is 5.82 Å². The van der Waals surface area contributed by atoms with Crippen molar-refractivity contribution in [1.29, 1.82) is 0 Å². The van der Waals surface area contributed by atoms with E-state index in [0.29, 0.717) is 10.8 Å². The summed E-state index contributed by atoms with van der Waals surface area (Å²) in [5.74, 6) is 0.571. The molecule has 0 unspecified atom stereocenters. The molecule has 1 heterocycles. The molecule has 22 heavy (non-hydrogen) atoms. The molecule has 1 aromatic heterocycles. The zero-order chi connectivity index (χ0) is 15.4. The van der Waals surface area contributed by atoms with Crippen molar-refractivity contribution in [2.75, 3.05) is 6.26 Å². The van der Waals surface area contributed by atoms with E-state index < -0.39 is 0 Å². The molecule has 3 nitrogen and oxygen atoms in total. The van der Waals surface area contributed by atoms with Gasteiger partial charge < -0.3 is 4.42 Å². The topological polar surface area (TPSA) is 38.9 Å². The Morgan fingerprint density at radius 1 is 1.05 bits per heavy atom. The van der Waals surface area contributed by atoms with E-state index in [9.17, 15) is 4.39 Å². The average Bonchev–Trinajstić information content (AvgIpc) is 3.02. The van der Waals surface area contributed by atoms with E-state index in [1.807, 2.05) is 6.26 Å². The second-order valence-corrected chi connectivity index (χ2v) is 6.30. The van der Waals surface area contributed by atoms with Gasteiger partial charge in [-0.3, -0.25) is 0 Å². The lowest BCUT2D eigenvalue weighted by molar-refractivity contribution is 0.463. The number of hydrogen-bond donors (Lipinski definition) is 0. The predicted molar refractivity (Wildman–Crippen MR) is 87.5 cm³/mol. The van der Waals surface area contributed by atoms with E-state index in [2.05, 4.69) is 34.5 Å². The van der Waals surface area contributed by atoms with Gasteiger partial charge in [0.25, 0.3) is 11.1 Å². The molecular formula is C16H13FN2OS2. The summed E-state index contributed by atoms with van der Waals surface area (Å²) in [4.78, 5) is 1.23. The Labute approximate surface area is 136 Å². The highest BCUT2D eigenvalue weighted by Gasteiger charge is 2.12. The van der Waals surface area contributed by atoms with Crippen LogP contribution in [0.25, 0.3) is 11.5 Å². The lowest BCUT2D eigenvalue weighted by Crippen LogP contribution is -1.82. The molecule has 0 saturated heterocycles. The normalized spacial score (nSPS) is 10.8. The zero-order valence-electron chi connectivity index (χ0n) is 11.8. The number of benzene rings is 2. The molecule has 3 rings (SSSR count). The third-order valence-corrected chi connectivity index (χ3v) is 4.67. The van der Waals surface area contributed by atoms with Crippen LogP contribution in [-0.2, 0) is 5.75 Å². The molecule has 0 saturated carbocycles. The Balaban J connectivity index is 1.68. The van der Waals surface area contributed by atoms with Crippen molar-refractivity contribution in [3.8, 4) is 11.5 Å². The van der Waals surface area contributed by atoms with Crippen LogP contribution in [0.4, 0.5) is 4.39 Å². The smallest absolute Gasteiger partial charge is 0.277 e. The third-order valence-electron chi connectivity index (χ3n) is 3.03. The van der Waals surface area contributed by atoms with Gasteiger partial charge in [-0.25, -0.2) is 4.39 Å². The molecule has 0 aliphatic heterocycles. The molecule has 0 fully saturated rings. The van der Waals surface area contributed by atoms with Crippen LogP contribution in [-0.4, -0.2) is 16.5 Å². The van der Waals surface area contributed by atoms with Crippen molar-refractivity contribution in [2.45, 2.75) is 15.9 Å². The largest absolute Gasteiger partial charge is 0.411 e. The first-order valence-corrected chi connectivity index (χ1v) is 8.81. The molecule has 6 heteroatoms. The summed E-state index contributed by atoms with van der Waals surface area (Å²) in [6.07, 6.45) is 2.05. The van der Waals surface area contributed by atoms with Gasteiger partial charge in [0.15, 0.2) is 0 Å². The second-order valence-electron chi connectivity index (χ2n) is 4.49. The summed E-state index contributed by atoms with van der Waals surface area (Å²) in [6.45, 7) is 0. The van der Waals surface area contributed by atoms with Gasteiger partial charge in [0.05, 0.1) is 5.56 Å². The fourth-order valence-electron chi connectivity index (χ4n) is 1.88. The SMILES string of the molecule is CSc1ccc(CSc2nnc(-c3ccccc3F)o2)cc1. The van der Waals surface area contributed by atoms with Crippen LogP contribution in [0.5, 0.6) is 0 Å². The van der Waals surface area contributed by atoms with Gasteiger partial charge >= 0.3 is 0 Å². The fraction of sp³-hybridized carbons (Fsp3) is 0.125. The number of aromatic nitrogens is 2. The van der Waals surface area contributed by atoms with Gasteiger partial charge in [-0.2, -0.15) is 0 Å². The number of nitrogens with zero attached hydrogens (tertiary/aromatic N) is 2. The molecular weight excluding hydrogens is 319 g/mol. The summed E-state index contributed by atoms with van der Waals surface area (Å²) < 4.78 is 19.2. The molecule has 0 spiro atoms. The second kappa shape index (κ2) is 6.98. The molecule has 0 radical (unpaired) electrons. The van der Waals surface area contributed by atoms with Gasteiger partial charge in [-0.05, 0) is 36.1 Å². The number of rotatable bonds is 5. The highest BCUT2D eigenvalue weighted by atomic mass is 32.2. The summed E-state index contributed by atoms with van der Waals surface area (Å²) in [5.41, 5.74) is 1.50. The molecule has 0 amide bonds. The Bertz CT molecular complexity index is 759. The van der Waals surface area contributed by atoms with E-state index in [-0.39, 0.29) is 11.7 Å². The molecule has 2 aromatic carbocycles. The van der Waals surface area contributed by atoms with E-state index in [1.54, 1.807) is 30.0 Å². The van der Waals surface area contributed by atoms with Crippen molar-refractivity contribution in [2.24, 2.45) is 0 Å². The molecule has 0 atom stereocenters. The van der Waals surface area contributed by atoms with Crippen molar-refractivity contribution in [1.82, 2.24) is 10.2 Å². The lowest BCUT2D eigenvalue weighted by Gasteiger charge is -2.00. The van der Waals surface area contributed by atoms with Crippen LogP contribution in [0.3, 0.4) is 0 Å². The van der Waals surface area contributed by atoms with Gasteiger partial charge in [-0.1, -0.05) is 36.0 Å². The van der Waals surface area contributed by atoms with Crippen LogP contribution in [0.15, 0.2) is 63.1 Å². The van der Waals surface area contributed by atoms with Crippen molar-refractivity contribution < 1.29 is 8.81 Å². The predicted octanol–water partition coefficient (Wildman–Crippen LogP) is 4.89. The first-order chi connectivity index (χ1) is 10.8. The van der Waals surface area contributed by atoms with Gasteiger partial charge in [0, 0.05) is 10.6 Å². The molecule has 0 N–H and O–H groups in total. The van der Waals surface area contributed by atoms with Crippen LogP contribution in [0.2, 0.25) is 0 Å². The van der Waals surface area contributed by atoms with E-state index in [4.69, 9.17) is 4.42 Å². The van der Waals surface area contributed by atoms with Crippen LogP contribution < -0.4 is 0 Å². The monoisotopic (exact) mass is 332 g/mol. The van der Waals surface area contributed by atoms with Gasteiger partial charge in [-0.15, -0.1) is 22.0 Å². The third kappa shape index (κ3) is 3.51. The minimum atomic E-state index is -0.365. The molecule has 0 aliphatic rings. The minimum absolute atomic E-state index is 0.207. The maximum atomic E-state index is 13.7. The zero-order valence-corrected chi connectivity index (χ0v) is 13.5. The quantitative estimate of drug-likeness (QED) is 0.622. The van der Waals surface area contributed by atoms with E-state index in [1.165, 1.54) is 28.3 Å². The van der Waals surface area contributed by atoms with Gasteiger partial charge in [0.2, 0.25) is 0 Å². The van der Waals surface area contributed by atoms with Crippen molar-refractivity contribution in [3.63, 3.8) is 0 Å². The average molecular weight is 332 g/mol. The molecule has 112 valence electrons. The molecule has 0 aliphatic carbocycles. The molecule has 0 bridgehead atoms. The Morgan fingerprint density at radius 3 is 2.55 bits per heavy atom. The summed E-state index contributed by atoms with van der Waals surface area (Å²) in [7, 11) is 0. The van der Waals surface area contributed by atoms with Crippen molar-refractivity contribution in [3.05, 3.63) is 59.9 Å². The number of hydrogen-bond acceptors (Lipinski definition) is 5. The van der Waals surface area contributed by atoms with Crippen LogP contribution in [0.1, 0.15) is 5.56 Å². The fourth-order valence-corrected chi connectivity index (χ4v) is 3.01. The maximum Gasteiger partial charge on any atom is 0.277 e. The maximum absolute atomic E-state index is 13.7. The first-order valence-electron chi connectivity index (χ1n) is 6.60. The Hall–Kier alpha value is -1.79. The molecule has 3 aromatic rings. The lowest BCUT2D eigenvalue weighted by atomic mass is 10.2. The number of halogens is 1. The van der Waals surface area contributed by atoms with E-state index >= 15 is 0 Å². The number of thioether (sulfide) groups is 2. The van der Waals surface area contributed by atoms with Crippen molar-refractivity contribution >= 4 is 23.5 Å². The minimum Gasteiger partial charge on any atom is -0.411 e. The summed E-state index contributed by atoms with van der Waals surface area (Å²) >= 11 is 3.15.